The number of esters is 2. The predicted molar refractivity (Wildman–Crippen MR) is 178 cm³/mol. The van der Waals surface area contributed by atoms with Gasteiger partial charge < -0.3 is 23.8 Å². The van der Waals surface area contributed by atoms with E-state index in [1.54, 1.807) is 0 Å². The minimum Gasteiger partial charge on any atom is -0.477 e. The summed E-state index contributed by atoms with van der Waals surface area (Å²) in [6, 6.07) is -0.619. The molecule has 0 amide bonds. The highest BCUT2D eigenvalue weighted by molar-refractivity contribution is 5.72. The number of carboxylic acids is 1. The molecule has 0 aliphatic rings. The van der Waals surface area contributed by atoms with Gasteiger partial charge in [0.15, 0.2) is 12.1 Å². The molecular formula is C36H64NO7+. The van der Waals surface area contributed by atoms with Gasteiger partial charge in [-0.25, -0.2) is 4.79 Å². The monoisotopic (exact) mass is 622 g/mol. The first kappa shape index (κ1) is 41.5. The number of rotatable bonds is 29. The van der Waals surface area contributed by atoms with Crippen LogP contribution in [0.5, 0.6) is 0 Å². The largest absolute Gasteiger partial charge is 0.477 e. The molecular weight excluding hydrogens is 558 g/mol. The molecule has 0 saturated carbocycles. The first-order valence-electron chi connectivity index (χ1n) is 17.0. The van der Waals surface area contributed by atoms with Crippen molar-refractivity contribution in [1.82, 2.24) is 0 Å². The number of likely N-dealkylation sites (N-methyl/N-ethyl adjacent to an activating group) is 1. The number of carbonyl (C=O) groups excluding carboxylic acids is 2. The van der Waals surface area contributed by atoms with Gasteiger partial charge in [0.2, 0.25) is 0 Å². The Kier molecular flexibility index (Phi) is 26.5. The second kappa shape index (κ2) is 28.1. The first-order chi connectivity index (χ1) is 21.1. The van der Waals surface area contributed by atoms with Crippen molar-refractivity contribution in [3.8, 4) is 0 Å². The molecule has 1 N–H and O–H groups in total. The molecule has 0 aliphatic carbocycles. The second-order valence-electron chi connectivity index (χ2n) is 12.4. The van der Waals surface area contributed by atoms with Gasteiger partial charge in [-0.1, -0.05) is 88.8 Å². The van der Waals surface area contributed by atoms with Gasteiger partial charge in [-0.15, -0.1) is 0 Å². The molecule has 0 bridgehead atoms. The van der Waals surface area contributed by atoms with Crippen LogP contribution in [0.2, 0.25) is 0 Å². The Hall–Kier alpha value is -2.45. The van der Waals surface area contributed by atoms with Crippen molar-refractivity contribution in [2.24, 2.45) is 0 Å². The molecule has 0 heterocycles. The molecule has 0 aromatic rings. The maximum absolute atomic E-state index is 12.5. The van der Waals surface area contributed by atoms with Crippen molar-refractivity contribution in [3.63, 3.8) is 0 Å². The minimum absolute atomic E-state index is 0.0415. The summed E-state index contributed by atoms with van der Waals surface area (Å²) >= 11 is 0. The number of allylic oxidation sites excluding steroid dienone is 6. The SMILES string of the molecule is CCCC/C=C/C=C/CCCCCC(=O)OC(COCCC(C(=O)O)[N+](C)(C)C)COC(=O)CCC/C=C/CCCCCC. The summed E-state index contributed by atoms with van der Waals surface area (Å²) in [5.74, 6) is -1.56. The smallest absolute Gasteiger partial charge is 0.362 e. The van der Waals surface area contributed by atoms with Crippen LogP contribution < -0.4 is 0 Å². The highest BCUT2D eigenvalue weighted by atomic mass is 16.6. The van der Waals surface area contributed by atoms with Crippen LogP contribution in [0.3, 0.4) is 0 Å². The van der Waals surface area contributed by atoms with Gasteiger partial charge in [0.05, 0.1) is 34.4 Å². The van der Waals surface area contributed by atoms with E-state index < -0.39 is 18.1 Å². The van der Waals surface area contributed by atoms with Crippen molar-refractivity contribution < 1.29 is 38.2 Å². The van der Waals surface area contributed by atoms with E-state index in [2.05, 4.69) is 50.3 Å². The average molecular weight is 623 g/mol. The standard InChI is InChI=1S/C36H63NO7/c1-6-8-10-12-14-16-17-19-21-23-25-27-35(39)44-32(30-42-29-28-33(36(40)41)37(3,4)5)31-43-34(38)26-24-22-20-18-15-13-11-9-7-2/h12,14,16-18,20,32-33H,6-11,13,15,19,21-31H2,1-5H3/p+1/b14-12+,17-16+,20-18+. The summed E-state index contributed by atoms with van der Waals surface area (Å²) in [5, 5.41) is 9.54. The molecule has 8 heteroatoms. The molecule has 0 aliphatic heterocycles. The van der Waals surface area contributed by atoms with Crippen LogP contribution >= 0.6 is 0 Å². The van der Waals surface area contributed by atoms with E-state index in [0.717, 1.165) is 44.9 Å². The van der Waals surface area contributed by atoms with Crippen LogP contribution in [-0.4, -0.2) is 80.6 Å². The van der Waals surface area contributed by atoms with E-state index in [9.17, 15) is 19.5 Å². The number of carboxylic acid groups (broad SMARTS) is 1. The van der Waals surface area contributed by atoms with Crippen LogP contribution in [0, 0.1) is 0 Å². The summed E-state index contributed by atoms with van der Waals surface area (Å²) in [6.07, 6.45) is 27.7. The van der Waals surface area contributed by atoms with E-state index in [4.69, 9.17) is 14.2 Å². The van der Waals surface area contributed by atoms with E-state index in [-0.39, 0.29) is 36.2 Å². The van der Waals surface area contributed by atoms with Crippen molar-refractivity contribution >= 4 is 17.9 Å². The number of carbonyl (C=O) groups is 3. The minimum atomic E-state index is -0.886. The number of aliphatic carboxylic acids is 1. The van der Waals surface area contributed by atoms with E-state index in [1.165, 1.54) is 38.5 Å². The Morgan fingerprint density at radius 1 is 0.682 bits per heavy atom. The van der Waals surface area contributed by atoms with Crippen LogP contribution in [-0.2, 0) is 28.6 Å². The zero-order valence-corrected chi connectivity index (χ0v) is 28.6. The lowest BCUT2D eigenvalue weighted by Crippen LogP contribution is -2.50. The lowest BCUT2D eigenvalue weighted by molar-refractivity contribution is -0.887. The molecule has 0 rings (SSSR count). The predicted octanol–water partition coefficient (Wildman–Crippen LogP) is 7.96. The van der Waals surface area contributed by atoms with Gasteiger partial charge in [0, 0.05) is 19.3 Å². The molecule has 44 heavy (non-hydrogen) atoms. The van der Waals surface area contributed by atoms with E-state index in [0.29, 0.717) is 25.7 Å². The van der Waals surface area contributed by atoms with Gasteiger partial charge >= 0.3 is 17.9 Å². The van der Waals surface area contributed by atoms with Crippen LogP contribution in [0.4, 0.5) is 0 Å². The van der Waals surface area contributed by atoms with Gasteiger partial charge in [-0.2, -0.15) is 0 Å². The van der Waals surface area contributed by atoms with Gasteiger partial charge in [-0.3, -0.25) is 9.59 Å². The third-order valence-electron chi connectivity index (χ3n) is 7.29. The lowest BCUT2D eigenvalue weighted by atomic mass is 10.1. The molecule has 0 aromatic carbocycles. The summed E-state index contributed by atoms with van der Waals surface area (Å²) in [5.41, 5.74) is 0. The molecule has 2 unspecified atom stereocenters. The Morgan fingerprint density at radius 2 is 1.25 bits per heavy atom. The van der Waals surface area contributed by atoms with Crippen molar-refractivity contribution in [2.45, 2.75) is 135 Å². The molecule has 254 valence electrons. The number of hydrogen-bond acceptors (Lipinski definition) is 6. The number of quaternary nitrogens is 1. The van der Waals surface area contributed by atoms with Gasteiger partial charge in [0.1, 0.15) is 6.61 Å². The highest BCUT2D eigenvalue weighted by Gasteiger charge is 2.31. The molecule has 0 spiro atoms. The molecule has 2 atom stereocenters. The van der Waals surface area contributed by atoms with Crippen molar-refractivity contribution in [1.29, 1.82) is 0 Å². The number of unbranched alkanes of at least 4 members (excludes halogenated alkanes) is 10. The van der Waals surface area contributed by atoms with Crippen LogP contribution in [0.25, 0.3) is 0 Å². The van der Waals surface area contributed by atoms with Crippen LogP contribution in [0.1, 0.15) is 123 Å². The Balaban J connectivity index is 4.59. The number of hydrogen-bond donors (Lipinski definition) is 1. The molecule has 0 radical (unpaired) electrons. The molecule has 8 nitrogen and oxygen atoms in total. The maximum atomic E-state index is 12.5. The van der Waals surface area contributed by atoms with Crippen LogP contribution in [0.15, 0.2) is 36.5 Å². The zero-order valence-electron chi connectivity index (χ0n) is 28.6. The van der Waals surface area contributed by atoms with E-state index in [1.807, 2.05) is 21.1 Å². The number of ether oxygens (including phenoxy) is 3. The summed E-state index contributed by atoms with van der Waals surface area (Å²) in [4.78, 5) is 36.5. The summed E-state index contributed by atoms with van der Waals surface area (Å²) in [7, 11) is 5.48. The Bertz CT molecular complexity index is 829. The van der Waals surface area contributed by atoms with Crippen molar-refractivity contribution in [3.05, 3.63) is 36.5 Å². The average Bonchev–Trinajstić information content (AvgIpc) is 2.96. The second-order valence-corrected chi connectivity index (χ2v) is 12.4. The van der Waals surface area contributed by atoms with Gasteiger partial charge in [-0.05, 0) is 51.4 Å². The molecule has 0 saturated heterocycles. The fraction of sp³-hybridized carbons (Fsp3) is 0.750. The lowest BCUT2D eigenvalue weighted by Gasteiger charge is -2.31. The van der Waals surface area contributed by atoms with Gasteiger partial charge in [0.25, 0.3) is 0 Å². The topological polar surface area (TPSA) is 99.1 Å². The summed E-state index contributed by atoms with van der Waals surface area (Å²) in [6.45, 7) is 4.55. The Morgan fingerprint density at radius 3 is 1.86 bits per heavy atom. The fourth-order valence-corrected chi connectivity index (χ4v) is 4.54. The van der Waals surface area contributed by atoms with Crippen molar-refractivity contribution in [2.75, 3.05) is 41.0 Å². The van der Waals surface area contributed by atoms with E-state index >= 15 is 0 Å². The first-order valence-corrected chi connectivity index (χ1v) is 17.0. The zero-order chi connectivity index (χ0) is 32.9. The third kappa shape index (κ3) is 26.0. The fourth-order valence-electron chi connectivity index (χ4n) is 4.54. The normalized spacial score (nSPS) is 13.6. The maximum Gasteiger partial charge on any atom is 0.362 e. The highest BCUT2D eigenvalue weighted by Crippen LogP contribution is 2.11. The Labute approximate surface area is 268 Å². The molecule has 0 fully saturated rings. The molecule has 0 aromatic heterocycles. The number of nitrogens with zero attached hydrogens (tertiary/aromatic N) is 1. The quantitative estimate of drug-likeness (QED) is 0.0297. The third-order valence-corrected chi connectivity index (χ3v) is 7.29. The summed E-state index contributed by atoms with van der Waals surface area (Å²) < 4.78 is 17.0.